The Labute approximate surface area is 185 Å². The van der Waals surface area contributed by atoms with Crippen LogP contribution in [0.15, 0.2) is 46.2 Å². The fraction of sp³-hybridized carbons (Fsp3) is 0.381. The van der Waals surface area contributed by atoms with E-state index in [0.717, 1.165) is 46.3 Å². The van der Waals surface area contributed by atoms with Gasteiger partial charge in [-0.15, -0.1) is 23.5 Å². The molecule has 0 atom stereocenters. The van der Waals surface area contributed by atoms with Gasteiger partial charge in [0.15, 0.2) is 0 Å². The number of anilines is 1. The number of hydrogen-bond acceptors (Lipinski definition) is 4. The molecule has 2 aromatic carbocycles. The molecule has 0 radical (unpaired) electrons. The highest BCUT2D eigenvalue weighted by Crippen LogP contribution is 2.30. The first kappa shape index (κ1) is 21.7. The number of hydrogen-bond donors (Lipinski definition) is 0. The van der Waals surface area contributed by atoms with E-state index in [2.05, 4.69) is 24.0 Å². The lowest BCUT2D eigenvalue weighted by atomic mass is 10.1. The molecule has 0 aliphatic carbocycles. The van der Waals surface area contributed by atoms with Crippen molar-refractivity contribution in [2.45, 2.75) is 23.1 Å². The van der Waals surface area contributed by atoms with Crippen LogP contribution >= 0.6 is 46.7 Å². The molecule has 1 amide bonds. The van der Waals surface area contributed by atoms with E-state index in [4.69, 9.17) is 23.2 Å². The third kappa shape index (κ3) is 5.12. The third-order valence-corrected chi connectivity index (χ3v) is 7.46. The molecule has 0 N–H and O–H groups in total. The Morgan fingerprint density at radius 2 is 1.79 bits per heavy atom. The predicted molar refractivity (Wildman–Crippen MR) is 124 cm³/mol. The molecular weight excluding hydrogens is 431 g/mol. The zero-order chi connectivity index (χ0) is 20.1. The Morgan fingerprint density at radius 3 is 2.43 bits per heavy atom. The summed E-state index contributed by atoms with van der Waals surface area (Å²) >= 11 is 15.6. The van der Waals surface area contributed by atoms with Crippen LogP contribution in [0.5, 0.6) is 0 Å². The van der Waals surface area contributed by atoms with Gasteiger partial charge in [-0.05, 0) is 54.8 Å². The molecule has 0 bridgehead atoms. The van der Waals surface area contributed by atoms with E-state index in [1.807, 2.05) is 35.4 Å². The molecule has 0 spiro atoms. The van der Waals surface area contributed by atoms with Gasteiger partial charge in [-0.25, -0.2) is 0 Å². The summed E-state index contributed by atoms with van der Waals surface area (Å²) in [6.07, 6.45) is 3.13. The second kappa shape index (κ2) is 10.1. The second-order valence-corrected chi connectivity index (χ2v) is 9.42. The topological polar surface area (TPSA) is 23.6 Å². The van der Waals surface area contributed by atoms with Gasteiger partial charge < -0.3 is 9.80 Å². The van der Waals surface area contributed by atoms with Crippen molar-refractivity contribution < 1.29 is 4.79 Å². The van der Waals surface area contributed by atoms with Crippen LogP contribution in [0, 0.1) is 0 Å². The predicted octanol–water partition coefficient (Wildman–Crippen LogP) is 6.18. The van der Waals surface area contributed by atoms with Crippen LogP contribution in [-0.2, 0) is 0 Å². The van der Waals surface area contributed by atoms with E-state index < -0.39 is 0 Å². The van der Waals surface area contributed by atoms with Gasteiger partial charge in [-0.2, -0.15) is 0 Å². The van der Waals surface area contributed by atoms with Crippen LogP contribution < -0.4 is 4.90 Å². The average Bonchev–Trinajstić information content (AvgIpc) is 2.73. The second-order valence-electron chi connectivity index (χ2n) is 6.59. The van der Waals surface area contributed by atoms with Gasteiger partial charge in [0.2, 0.25) is 0 Å². The van der Waals surface area contributed by atoms with Crippen LogP contribution in [-0.4, -0.2) is 49.0 Å². The number of halogens is 2. The van der Waals surface area contributed by atoms with Gasteiger partial charge in [-0.1, -0.05) is 30.1 Å². The summed E-state index contributed by atoms with van der Waals surface area (Å²) < 4.78 is 0. The summed E-state index contributed by atoms with van der Waals surface area (Å²) in [4.78, 5) is 19.7. The van der Waals surface area contributed by atoms with Crippen molar-refractivity contribution >= 4 is 58.3 Å². The highest BCUT2D eigenvalue weighted by Gasteiger charge is 2.24. The van der Waals surface area contributed by atoms with Crippen LogP contribution in [0.3, 0.4) is 0 Å². The molecule has 7 heteroatoms. The summed E-state index contributed by atoms with van der Waals surface area (Å²) in [5.74, 6) is 1.15. The number of amides is 1. The fourth-order valence-corrected chi connectivity index (χ4v) is 4.78. The summed E-state index contributed by atoms with van der Waals surface area (Å²) in [6, 6.07) is 11.9. The quantitative estimate of drug-likeness (QED) is 0.486. The van der Waals surface area contributed by atoms with E-state index in [1.165, 1.54) is 0 Å². The lowest BCUT2D eigenvalue weighted by Gasteiger charge is -2.36. The monoisotopic (exact) mass is 454 g/mol. The number of carbonyl (C=O) groups excluding carboxylic acids is 1. The Balaban J connectivity index is 1.71. The number of rotatable bonds is 6. The maximum Gasteiger partial charge on any atom is 0.255 e. The lowest BCUT2D eigenvalue weighted by Crippen LogP contribution is -2.48. The highest BCUT2D eigenvalue weighted by molar-refractivity contribution is 7.99. The number of benzene rings is 2. The Hall–Kier alpha value is -1.01. The van der Waals surface area contributed by atoms with Gasteiger partial charge in [0.1, 0.15) is 0 Å². The van der Waals surface area contributed by atoms with Crippen molar-refractivity contribution in [1.29, 1.82) is 0 Å². The normalized spacial score (nSPS) is 14.4. The number of piperazine rings is 1. The molecule has 0 unspecified atom stereocenters. The molecule has 1 heterocycles. The Kier molecular flexibility index (Phi) is 7.86. The third-order valence-electron chi connectivity index (χ3n) is 4.71. The zero-order valence-corrected chi connectivity index (χ0v) is 19.2. The zero-order valence-electron chi connectivity index (χ0n) is 16.1. The van der Waals surface area contributed by atoms with E-state index in [-0.39, 0.29) is 5.91 Å². The van der Waals surface area contributed by atoms with Gasteiger partial charge in [0, 0.05) is 41.7 Å². The molecule has 1 fully saturated rings. The minimum atomic E-state index is 0.128. The summed E-state index contributed by atoms with van der Waals surface area (Å²) in [7, 11) is 0. The van der Waals surface area contributed by atoms with Crippen molar-refractivity contribution in [3.63, 3.8) is 0 Å². The number of carbonyl (C=O) groups is 1. The van der Waals surface area contributed by atoms with Crippen LogP contribution in [0.4, 0.5) is 5.69 Å². The number of nitrogens with zero attached hydrogens (tertiary/aromatic N) is 2. The Morgan fingerprint density at radius 1 is 1.04 bits per heavy atom. The van der Waals surface area contributed by atoms with Gasteiger partial charge in [-0.3, -0.25) is 4.79 Å². The van der Waals surface area contributed by atoms with Crippen molar-refractivity contribution in [1.82, 2.24) is 4.90 Å². The van der Waals surface area contributed by atoms with E-state index in [0.29, 0.717) is 23.1 Å². The molecule has 0 aromatic heterocycles. The van der Waals surface area contributed by atoms with Crippen molar-refractivity contribution in [2.24, 2.45) is 0 Å². The Bertz CT molecular complexity index is 839. The molecule has 150 valence electrons. The highest BCUT2D eigenvalue weighted by atomic mass is 35.5. The van der Waals surface area contributed by atoms with Crippen molar-refractivity contribution in [3.05, 3.63) is 52.0 Å². The summed E-state index contributed by atoms with van der Waals surface area (Å²) in [6.45, 7) is 5.11. The first-order chi connectivity index (χ1) is 13.5. The molecule has 1 aliphatic heterocycles. The molecule has 3 nitrogen and oxygen atoms in total. The SMILES string of the molecule is CCCSc1ccc(SC)cc1C(=O)N1CCN(c2ccc(Cl)c(Cl)c2)CC1. The molecule has 1 aliphatic rings. The van der Waals surface area contributed by atoms with Gasteiger partial charge in [0.25, 0.3) is 5.91 Å². The van der Waals surface area contributed by atoms with Crippen molar-refractivity contribution in [3.8, 4) is 0 Å². The van der Waals surface area contributed by atoms with E-state index in [1.54, 1.807) is 23.5 Å². The van der Waals surface area contributed by atoms with E-state index in [9.17, 15) is 4.79 Å². The van der Waals surface area contributed by atoms with Gasteiger partial charge in [0.05, 0.1) is 15.6 Å². The molecule has 3 rings (SSSR count). The maximum atomic E-state index is 13.2. The molecular formula is C21H24Cl2N2OS2. The minimum Gasteiger partial charge on any atom is -0.368 e. The number of thioether (sulfide) groups is 2. The van der Waals surface area contributed by atoms with Gasteiger partial charge >= 0.3 is 0 Å². The first-order valence-corrected chi connectivity index (χ1v) is 12.3. The van der Waals surface area contributed by atoms with Crippen LogP contribution in [0.1, 0.15) is 23.7 Å². The average molecular weight is 455 g/mol. The van der Waals surface area contributed by atoms with Crippen LogP contribution in [0.25, 0.3) is 0 Å². The first-order valence-electron chi connectivity index (χ1n) is 9.33. The minimum absolute atomic E-state index is 0.128. The summed E-state index contributed by atoms with van der Waals surface area (Å²) in [5, 5.41) is 1.12. The molecule has 28 heavy (non-hydrogen) atoms. The fourth-order valence-electron chi connectivity index (χ4n) is 3.16. The van der Waals surface area contributed by atoms with Crippen LogP contribution in [0.2, 0.25) is 10.0 Å². The molecule has 0 saturated carbocycles. The van der Waals surface area contributed by atoms with E-state index >= 15 is 0 Å². The van der Waals surface area contributed by atoms with Crippen molar-refractivity contribution in [2.75, 3.05) is 43.1 Å². The standard InChI is InChI=1S/C21H24Cl2N2OS2/c1-3-12-28-20-7-5-16(27-2)14-17(20)21(26)25-10-8-24(9-11-25)15-4-6-18(22)19(23)13-15/h4-7,13-14H,3,8-12H2,1-2H3. The smallest absolute Gasteiger partial charge is 0.255 e. The lowest BCUT2D eigenvalue weighted by molar-refractivity contribution is 0.0743. The molecule has 1 saturated heterocycles. The summed E-state index contributed by atoms with van der Waals surface area (Å²) in [5.41, 5.74) is 1.87. The largest absolute Gasteiger partial charge is 0.368 e. The maximum absolute atomic E-state index is 13.2. The molecule has 2 aromatic rings.